The molecule has 7 heteroatoms. The molecule has 0 spiro atoms. The summed E-state index contributed by atoms with van der Waals surface area (Å²) in [6, 6.07) is 3.67. The van der Waals surface area contributed by atoms with Gasteiger partial charge in [-0.15, -0.1) is 0 Å². The lowest BCUT2D eigenvalue weighted by Gasteiger charge is -2.29. The Morgan fingerprint density at radius 2 is 2.00 bits per heavy atom. The average molecular weight is 296 g/mol. The molecule has 5 nitrogen and oxygen atoms in total. The Kier molecular flexibility index (Phi) is 3.25. The minimum atomic E-state index is -1.34. The molecular weight excluding hydrogens is 283 g/mol. The van der Waals surface area contributed by atoms with E-state index in [0.717, 1.165) is 12.1 Å². The Morgan fingerprint density at radius 1 is 1.40 bits per heavy atom. The van der Waals surface area contributed by atoms with E-state index in [2.05, 4.69) is 0 Å². The number of carboxylic acids is 1. The molecule has 0 unspecified atom stereocenters. The largest absolute Gasteiger partial charge is 0.478 e. The Morgan fingerprint density at radius 3 is 2.40 bits per heavy atom. The van der Waals surface area contributed by atoms with Gasteiger partial charge < -0.3 is 10.0 Å². The summed E-state index contributed by atoms with van der Waals surface area (Å²) in [5.41, 5.74) is -1.01. The van der Waals surface area contributed by atoms with Crippen molar-refractivity contribution in [3.05, 3.63) is 29.6 Å². The molecule has 1 heterocycles. The van der Waals surface area contributed by atoms with Crippen LogP contribution in [-0.4, -0.2) is 39.6 Å². The van der Waals surface area contributed by atoms with Gasteiger partial charge in [0, 0.05) is 12.7 Å². The highest BCUT2D eigenvalue weighted by atomic mass is 32.1. The lowest BCUT2D eigenvalue weighted by Crippen LogP contribution is -2.44. The van der Waals surface area contributed by atoms with Gasteiger partial charge in [0.2, 0.25) is 0 Å². The van der Waals surface area contributed by atoms with Crippen molar-refractivity contribution in [2.75, 3.05) is 11.9 Å². The van der Waals surface area contributed by atoms with E-state index in [1.165, 1.54) is 15.9 Å². The maximum atomic E-state index is 13.8. The molecule has 106 valence electrons. The van der Waals surface area contributed by atoms with E-state index in [0.29, 0.717) is 5.69 Å². The van der Waals surface area contributed by atoms with Crippen LogP contribution in [0.3, 0.4) is 0 Å². The topological polar surface area (TPSA) is 60.9 Å². The van der Waals surface area contributed by atoms with Gasteiger partial charge in [-0.3, -0.25) is 9.69 Å². The third-order valence-electron chi connectivity index (χ3n) is 3.31. The number of thiocarbonyl (C=S) groups is 1. The Bertz CT molecular complexity index is 630. The number of benzene rings is 1. The van der Waals surface area contributed by atoms with Crippen LogP contribution in [0.2, 0.25) is 0 Å². The van der Waals surface area contributed by atoms with Gasteiger partial charge in [-0.2, -0.15) is 0 Å². The number of likely N-dealkylation sites (N-methyl/N-ethyl adjacent to an activating group) is 1. The summed E-state index contributed by atoms with van der Waals surface area (Å²) in [5.74, 6) is -2.41. The predicted molar refractivity (Wildman–Crippen MR) is 75.3 cm³/mol. The van der Waals surface area contributed by atoms with Crippen LogP contribution in [0.15, 0.2) is 18.2 Å². The number of rotatable bonds is 2. The number of carboxylic acid groups (broad SMARTS) is 1. The van der Waals surface area contributed by atoms with E-state index in [-0.39, 0.29) is 11.0 Å². The maximum absolute atomic E-state index is 13.8. The molecule has 0 radical (unpaired) electrons. The van der Waals surface area contributed by atoms with Crippen LogP contribution in [0, 0.1) is 5.82 Å². The molecule has 1 aliphatic rings. The van der Waals surface area contributed by atoms with E-state index in [1.54, 1.807) is 20.9 Å². The third kappa shape index (κ3) is 1.94. The van der Waals surface area contributed by atoms with E-state index >= 15 is 0 Å². The second-order valence-electron chi connectivity index (χ2n) is 5.01. The van der Waals surface area contributed by atoms with Gasteiger partial charge in [0.05, 0.1) is 5.56 Å². The fourth-order valence-corrected chi connectivity index (χ4v) is 2.65. The lowest BCUT2D eigenvalue weighted by atomic mass is 10.0. The van der Waals surface area contributed by atoms with Gasteiger partial charge in [0.1, 0.15) is 11.4 Å². The Hall–Kier alpha value is -2.02. The summed E-state index contributed by atoms with van der Waals surface area (Å²) in [6.45, 7) is 3.35. The first-order valence-electron chi connectivity index (χ1n) is 5.83. The second kappa shape index (κ2) is 4.52. The lowest BCUT2D eigenvalue weighted by molar-refractivity contribution is -0.128. The molecule has 20 heavy (non-hydrogen) atoms. The van der Waals surface area contributed by atoms with Crippen molar-refractivity contribution in [1.82, 2.24) is 4.90 Å². The summed E-state index contributed by atoms with van der Waals surface area (Å²) in [5, 5.41) is 9.07. The van der Waals surface area contributed by atoms with Crippen molar-refractivity contribution < 1.29 is 19.1 Å². The fraction of sp³-hybridized carbons (Fsp3) is 0.308. The van der Waals surface area contributed by atoms with Gasteiger partial charge in [-0.1, -0.05) is 0 Å². The average Bonchev–Trinajstić information content (AvgIpc) is 2.49. The molecule has 1 amide bonds. The first kappa shape index (κ1) is 14.4. The maximum Gasteiger partial charge on any atom is 0.338 e. The van der Waals surface area contributed by atoms with Crippen LogP contribution in [-0.2, 0) is 4.79 Å². The highest BCUT2D eigenvalue weighted by Gasteiger charge is 2.48. The molecule has 0 aliphatic carbocycles. The van der Waals surface area contributed by atoms with Crippen molar-refractivity contribution in [3.8, 4) is 0 Å². The number of nitrogens with zero attached hydrogens (tertiary/aromatic N) is 2. The van der Waals surface area contributed by atoms with Crippen LogP contribution in [0.25, 0.3) is 0 Å². The Labute approximate surface area is 120 Å². The normalized spacial score (nSPS) is 17.8. The van der Waals surface area contributed by atoms with Crippen molar-refractivity contribution >= 4 is 34.9 Å². The van der Waals surface area contributed by atoms with E-state index in [1.807, 2.05) is 0 Å². The molecule has 1 saturated heterocycles. The van der Waals surface area contributed by atoms with Crippen LogP contribution in [0.5, 0.6) is 0 Å². The summed E-state index contributed by atoms with van der Waals surface area (Å²) in [7, 11) is 1.55. The summed E-state index contributed by atoms with van der Waals surface area (Å²) >= 11 is 5.19. The number of carbonyl (C=O) groups is 2. The molecule has 0 atom stereocenters. The van der Waals surface area contributed by atoms with Crippen molar-refractivity contribution in [1.29, 1.82) is 0 Å². The molecular formula is C13H13FN2O3S. The molecule has 0 aromatic heterocycles. The zero-order chi connectivity index (χ0) is 15.2. The third-order valence-corrected chi connectivity index (χ3v) is 3.76. The quantitative estimate of drug-likeness (QED) is 0.844. The van der Waals surface area contributed by atoms with E-state index in [4.69, 9.17) is 17.3 Å². The van der Waals surface area contributed by atoms with Crippen molar-refractivity contribution in [2.45, 2.75) is 19.4 Å². The summed E-state index contributed by atoms with van der Waals surface area (Å²) in [6.07, 6.45) is 0. The highest BCUT2D eigenvalue weighted by molar-refractivity contribution is 7.80. The van der Waals surface area contributed by atoms with Gasteiger partial charge in [-0.05, 0) is 44.3 Å². The number of hydrogen-bond acceptors (Lipinski definition) is 3. The van der Waals surface area contributed by atoms with Crippen molar-refractivity contribution in [2.24, 2.45) is 0 Å². The van der Waals surface area contributed by atoms with E-state index < -0.39 is 22.9 Å². The number of anilines is 1. The van der Waals surface area contributed by atoms with Crippen LogP contribution in [0.1, 0.15) is 24.2 Å². The molecule has 0 bridgehead atoms. The molecule has 0 saturated carbocycles. The number of hydrogen-bond donors (Lipinski definition) is 1. The minimum absolute atomic E-state index is 0.204. The zero-order valence-corrected chi connectivity index (χ0v) is 12.0. The number of halogens is 1. The molecule has 1 aliphatic heterocycles. The number of aromatic carboxylic acids is 1. The second-order valence-corrected chi connectivity index (χ2v) is 5.38. The molecule has 2 rings (SSSR count). The van der Waals surface area contributed by atoms with Gasteiger partial charge >= 0.3 is 5.97 Å². The fourth-order valence-electron chi connectivity index (χ4n) is 2.23. The highest BCUT2D eigenvalue weighted by Crippen LogP contribution is 2.33. The van der Waals surface area contributed by atoms with Crippen LogP contribution >= 0.6 is 12.2 Å². The van der Waals surface area contributed by atoms with Gasteiger partial charge in [0.15, 0.2) is 5.11 Å². The first-order chi connectivity index (χ1) is 9.17. The molecule has 1 aromatic rings. The van der Waals surface area contributed by atoms with Crippen LogP contribution in [0.4, 0.5) is 10.1 Å². The zero-order valence-electron chi connectivity index (χ0n) is 11.2. The number of amides is 1. The SMILES string of the molecule is CN1C(=O)C(C)(C)N(c2ccc(C(=O)O)c(F)c2)C1=S. The molecule has 1 aromatic carbocycles. The van der Waals surface area contributed by atoms with Crippen molar-refractivity contribution in [3.63, 3.8) is 0 Å². The van der Waals surface area contributed by atoms with Gasteiger partial charge in [-0.25, -0.2) is 9.18 Å². The molecule has 1 fully saturated rings. The Balaban J connectivity index is 2.52. The van der Waals surface area contributed by atoms with Gasteiger partial charge in [0.25, 0.3) is 5.91 Å². The number of carbonyl (C=O) groups excluding carboxylic acids is 1. The smallest absolute Gasteiger partial charge is 0.338 e. The molecule has 1 N–H and O–H groups in total. The first-order valence-corrected chi connectivity index (χ1v) is 6.24. The monoisotopic (exact) mass is 296 g/mol. The predicted octanol–water partition coefficient (Wildman–Crippen LogP) is 1.87. The summed E-state index contributed by atoms with van der Waals surface area (Å²) in [4.78, 5) is 25.7. The van der Waals surface area contributed by atoms with Crippen LogP contribution < -0.4 is 4.90 Å². The minimum Gasteiger partial charge on any atom is -0.478 e. The van der Waals surface area contributed by atoms with E-state index in [9.17, 15) is 14.0 Å². The standard InChI is InChI=1S/C13H13FN2O3S/c1-13(2)11(19)15(3)12(20)16(13)7-4-5-8(10(17)18)9(14)6-7/h4-6H,1-3H3,(H,17,18). The summed E-state index contributed by atoms with van der Waals surface area (Å²) < 4.78 is 13.8.